The maximum absolute atomic E-state index is 2.22. The lowest BCUT2D eigenvalue weighted by Gasteiger charge is -2.04. The molecule has 0 aliphatic heterocycles. The van der Waals surface area contributed by atoms with Gasteiger partial charge >= 0.3 is 0 Å². The highest BCUT2D eigenvalue weighted by Gasteiger charge is 1.95. The number of hydrogen-bond donors (Lipinski definition) is 0. The van der Waals surface area contributed by atoms with Crippen LogP contribution in [0.25, 0.3) is 0 Å². The van der Waals surface area contributed by atoms with Crippen LogP contribution in [-0.4, -0.2) is 0 Å². The van der Waals surface area contributed by atoms with Crippen molar-refractivity contribution in [3.63, 3.8) is 0 Å². The van der Waals surface area contributed by atoms with Gasteiger partial charge in [0.05, 0.1) is 0 Å². The average Bonchev–Trinajstić information content (AvgIpc) is 2.46. The lowest BCUT2D eigenvalue weighted by molar-refractivity contribution is 1.000. The first-order valence-electron chi connectivity index (χ1n) is 7.78. The Morgan fingerprint density at radius 3 is 1.68 bits per heavy atom. The number of hydrogen-bond acceptors (Lipinski definition) is 0. The lowest BCUT2D eigenvalue weighted by atomic mass is 10.0. The molecule has 0 N–H and O–H groups in total. The molecule has 0 bridgehead atoms. The maximum atomic E-state index is 2.22. The van der Waals surface area contributed by atoms with Crippen molar-refractivity contribution in [1.29, 1.82) is 0 Å². The topological polar surface area (TPSA) is 0 Å². The van der Waals surface area contributed by atoms with Crippen LogP contribution in [0.15, 0.2) is 47.6 Å². The molecule has 0 unspecified atom stereocenters. The summed E-state index contributed by atoms with van der Waals surface area (Å²) >= 11 is 0. The van der Waals surface area contributed by atoms with Crippen LogP contribution in [0.2, 0.25) is 0 Å². The molecule has 0 aliphatic carbocycles. The van der Waals surface area contributed by atoms with Crippen LogP contribution < -0.4 is 0 Å². The van der Waals surface area contributed by atoms with Crippen molar-refractivity contribution >= 4 is 0 Å². The molecule has 0 aliphatic rings. The van der Waals surface area contributed by atoms with Crippen molar-refractivity contribution in [1.82, 2.24) is 0 Å². The van der Waals surface area contributed by atoms with E-state index in [1.165, 1.54) is 17.6 Å². The minimum atomic E-state index is 1.08. The fourth-order valence-corrected chi connectivity index (χ4v) is 1.24. The Hall–Kier alpha value is -1.04. The second kappa shape index (κ2) is 22.2. The molecule has 0 rings (SSSR count). The lowest BCUT2D eigenvalue weighted by Crippen LogP contribution is -1.84. The summed E-state index contributed by atoms with van der Waals surface area (Å²) in [5, 5.41) is 0. The molecule has 0 heteroatoms. The Balaban J connectivity index is -0.000000445. The third-order valence-electron chi connectivity index (χ3n) is 2.28. The number of rotatable bonds is 5. The fraction of sp³-hybridized carbons (Fsp3) is 0.579. The molecule has 0 saturated heterocycles. The first-order chi connectivity index (χ1) is 9.19. The van der Waals surface area contributed by atoms with Gasteiger partial charge in [-0.25, -0.2) is 0 Å². The smallest absolute Gasteiger partial charge is 0.00706 e. The van der Waals surface area contributed by atoms with E-state index in [0.717, 1.165) is 12.8 Å². The van der Waals surface area contributed by atoms with Crippen LogP contribution >= 0.6 is 0 Å². The largest absolute Gasteiger partial charge is 0.0881 e. The van der Waals surface area contributed by atoms with E-state index in [1.807, 2.05) is 26.8 Å². The van der Waals surface area contributed by atoms with Crippen molar-refractivity contribution < 1.29 is 0 Å². The predicted octanol–water partition coefficient (Wildman–Crippen LogP) is 7.25. The summed E-state index contributed by atoms with van der Waals surface area (Å²) in [6, 6.07) is 0. The standard InChI is InChI=1S/C14H22.C3H8.C2H6/c1-5-9-10-11-14(8-4)12-13(6-2)7-3;1-3-2;1-2/h5-6,8-11H,7,12H2,1-4H3;3H2,1-2H3;1-2H3/b9-5-,11-10-,13-6-,14-8-;;. The quantitative estimate of drug-likeness (QED) is 0.362. The highest BCUT2D eigenvalue weighted by Crippen LogP contribution is 2.15. The highest BCUT2D eigenvalue weighted by molar-refractivity contribution is 5.26. The zero-order valence-corrected chi connectivity index (χ0v) is 14.6. The van der Waals surface area contributed by atoms with Crippen molar-refractivity contribution in [3.05, 3.63) is 47.6 Å². The van der Waals surface area contributed by atoms with Crippen LogP contribution in [0.4, 0.5) is 0 Å². The van der Waals surface area contributed by atoms with E-state index in [9.17, 15) is 0 Å². The van der Waals surface area contributed by atoms with Crippen LogP contribution in [0.1, 0.15) is 74.7 Å². The molecular weight excluding hydrogens is 228 g/mol. The first kappa shape index (κ1) is 23.1. The molecule has 0 saturated carbocycles. The van der Waals surface area contributed by atoms with Gasteiger partial charge in [-0.05, 0) is 39.2 Å². The molecule has 0 radical (unpaired) electrons. The summed E-state index contributed by atoms with van der Waals surface area (Å²) in [7, 11) is 0. The molecule has 0 aromatic heterocycles. The van der Waals surface area contributed by atoms with Gasteiger partial charge in [-0.3, -0.25) is 0 Å². The number of allylic oxidation sites excluding steroid dienone is 8. The van der Waals surface area contributed by atoms with Gasteiger partial charge in [-0.15, -0.1) is 0 Å². The van der Waals surface area contributed by atoms with Gasteiger partial charge in [0.2, 0.25) is 0 Å². The van der Waals surface area contributed by atoms with Crippen LogP contribution in [0, 0.1) is 0 Å². The first-order valence-corrected chi connectivity index (χ1v) is 7.78. The monoisotopic (exact) mass is 264 g/mol. The highest BCUT2D eigenvalue weighted by atomic mass is 14.0. The van der Waals surface area contributed by atoms with E-state index < -0.39 is 0 Å². The second-order valence-electron chi connectivity index (χ2n) is 3.93. The predicted molar refractivity (Wildman–Crippen MR) is 93.7 cm³/mol. The van der Waals surface area contributed by atoms with E-state index in [2.05, 4.69) is 65.0 Å². The third-order valence-corrected chi connectivity index (χ3v) is 2.28. The minimum absolute atomic E-state index is 1.08. The molecule has 0 spiro atoms. The van der Waals surface area contributed by atoms with Gasteiger partial charge in [-0.1, -0.05) is 83.1 Å². The van der Waals surface area contributed by atoms with Gasteiger partial charge in [0.1, 0.15) is 0 Å². The summed E-state index contributed by atoms with van der Waals surface area (Å²) in [6.07, 6.45) is 16.2. The SMILES string of the molecule is CC.CCC.C\C=C/C=C\C(=C\C)C/C(=C\C)CC. The Morgan fingerprint density at radius 2 is 1.37 bits per heavy atom. The van der Waals surface area contributed by atoms with E-state index in [0.29, 0.717) is 0 Å². The van der Waals surface area contributed by atoms with Gasteiger partial charge in [0.15, 0.2) is 0 Å². The molecule has 0 heterocycles. The molecule has 0 amide bonds. The Bertz CT molecular complexity index is 262. The normalized spacial score (nSPS) is 12.0. The van der Waals surface area contributed by atoms with E-state index in [4.69, 9.17) is 0 Å². The molecular formula is C19H36. The van der Waals surface area contributed by atoms with Crippen LogP contribution in [0.5, 0.6) is 0 Å². The van der Waals surface area contributed by atoms with Gasteiger partial charge in [0.25, 0.3) is 0 Å². The molecule has 0 aromatic carbocycles. The Labute approximate surface area is 123 Å². The van der Waals surface area contributed by atoms with Crippen LogP contribution in [0.3, 0.4) is 0 Å². The van der Waals surface area contributed by atoms with Gasteiger partial charge in [-0.2, -0.15) is 0 Å². The van der Waals surface area contributed by atoms with E-state index in [1.54, 1.807) is 0 Å². The average molecular weight is 264 g/mol. The zero-order valence-electron chi connectivity index (χ0n) is 14.6. The van der Waals surface area contributed by atoms with Crippen molar-refractivity contribution in [3.8, 4) is 0 Å². The maximum Gasteiger partial charge on any atom is -0.00706 e. The molecule has 0 nitrogen and oxygen atoms in total. The van der Waals surface area contributed by atoms with Crippen molar-refractivity contribution in [2.24, 2.45) is 0 Å². The summed E-state index contributed by atoms with van der Waals surface area (Å²) in [4.78, 5) is 0. The van der Waals surface area contributed by atoms with Crippen LogP contribution in [-0.2, 0) is 0 Å². The van der Waals surface area contributed by atoms with Gasteiger partial charge in [0, 0.05) is 0 Å². The van der Waals surface area contributed by atoms with E-state index >= 15 is 0 Å². The fourth-order valence-electron chi connectivity index (χ4n) is 1.24. The molecule has 19 heavy (non-hydrogen) atoms. The second-order valence-corrected chi connectivity index (χ2v) is 3.93. The van der Waals surface area contributed by atoms with Crippen molar-refractivity contribution in [2.45, 2.75) is 74.7 Å². The summed E-state index contributed by atoms with van der Waals surface area (Å²) in [5.41, 5.74) is 2.89. The summed E-state index contributed by atoms with van der Waals surface area (Å²) < 4.78 is 0. The summed E-state index contributed by atoms with van der Waals surface area (Å²) in [6.45, 7) is 16.7. The minimum Gasteiger partial charge on any atom is -0.0881 e. The molecule has 0 aromatic rings. The Morgan fingerprint density at radius 1 is 0.842 bits per heavy atom. The molecule has 0 atom stereocenters. The van der Waals surface area contributed by atoms with Gasteiger partial charge < -0.3 is 0 Å². The van der Waals surface area contributed by atoms with Crippen molar-refractivity contribution in [2.75, 3.05) is 0 Å². The Kier molecular flexibility index (Phi) is 26.9. The molecule has 0 fully saturated rings. The third kappa shape index (κ3) is 19.5. The van der Waals surface area contributed by atoms with E-state index in [-0.39, 0.29) is 0 Å². The summed E-state index contributed by atoms with van der Waals surface area (Å²) in [5.74, 6) is 0. The zero-order chi connectivity index (χ0) is 15.5. The molecule has 112 valence electrons.